The van der Waals surface area contributed by atoms with E-state index in [1.807, 2.05) is 0 Å². The van der Waals surface area contributed by atoms with Crippen LogP contribution in [-0.4, -0.2) is 17.1 Å². The van der Waals surface area contributed by atoms with Gasteiger partial charge in [0.1, 0.15) is 12.4 Å². The Bertz CT molecular complexity index is 1540. The Hall–Kier alpha value is -2.64. The molecule has 4 rings (SSSR count). The van der Waals surface area contributed by atoms with Crippen LogP contribution in [0.3, 0.4) is 0 Å². The van der Waals surface area contributed by atoms with Crippen LogP contribution in [0, 0.1) is 0 Å². The van der Waals surface area contributed by atoms with Crippen molar-refractivity contribution in [2.24, 2.45) is 5.10 Å². The summed E-state index contributed by atoms with van der Waals surface area (Å²) in [7, 11) is 0. The van der Waals surface area contributed by atoms with E-state index in [9.17, 15) is 18.0 Å². The largest absolute Gasteiger partial charge is 0.486 e. The normalized spacial score (nSPS) is 11.6. The lowest BCUT2D eigenvalue weighted by Crippen LogP contribution is -2.19. The Morgan fingerprint density at radius 3 is 2.55 bits per heavy atom. The van der Waals surface area contributed by atoms with Gasteiger partial charge in [0.05, 0.1) is 32.8 Å². The van der Waals surface area contributed by atoms with Gasteiger partial charge in [-0.2, -0.15) is 18.3 Å². The lowest BCUT2D eigenvalue weighted by Gasteiger charge is -2.12. The first kappa shape index (κ1) is 30.3. The van der Waals surface area contributed by atoms with Crippen LogP contribution in [0.1, 0.15) is 22.4 Å². The molecule has 0 bridgehead atoms. The number of nitrogens with one attached hydrogen (secondary N) is 2. The zero-order valence-corrected chi connectivity index (χ0v) is 25.5. The quantitative estimate of drug-likeness (QED) is 0.133. The number of ether oxygens (including phenoxy) is 1. The minimum absolute atomic E-state index is 0.0640. The van der Waals surface area contributed by atoms with Crippen molar-refractivity contribution in [1.29, 1.82) is 0 Å². The van der Waals surface area contributed by atoms with Crippen LogP contribution in [0.4, 0.5) is 24.0 Å². The molecule has 208 valence electrons. The lowest BCUT2D eigenvalue weighted by molar-refractivity contribution is -0.137. The van der Waals surface area contributed by atoms with Gasteiger partial charge in [-0.25, -0.2) is 10.4 Å². The van der Waals surface area contributed by atoms with Gasteiger partial charge in [-0.1, -0.05) is 35.3 Å². The molecule has 1 aromatic heterocycles. The molecular weight excluding hydrogens is 720 g/mol. The summed E-state index contributed by atoms with van der Waals surface area (Å²) in [6.45, 7) is 0.227. The Labute approximate surface area is 257 Å². The maximum absolute atomic E-state index is 12.9. The molecule has 0 saturated carbocycles. The number of hydrogen-bond acceptors (Lipinski definition) is 6. The van der Waals surface area contributed by atoms with Crippen LogP contribution in [0.5, 0.6) is 5.75 Å². The zero-order chi connectivity index (χ0) is 28.9. The average molecular weight is 737 g/mol. The van der Waals surface area contributed by atoms with Crippen LogP contribution in [0.2, 0.25) is 10.0 Å². The highest BCUT2D eigenvalue weighted by Gasteiger charge is 2.30. The fraction of sp³-hybridized carbons (Fsp3) is 0.115. The molecule has 0 spiro atoms. The molecule has 0 saturated heterocycles. The smallest absolute Gasteiger partial charge is 0.416 e. The Morgan fingerprint density at radius 1 is 1.10 bits per heavy atom. The first-order valence-electron chi connectivity index (χ1n) is 11.2. The number of amides is 1. The van der Waals surface area contributed by atoms with E-state index in [1.54, 1.807) is 35.7 Å². The van der Waals surface area contributed by atoms with Gasteiger partial charge in [0, 0.05) is 26.7 Å². The Morgan fingerprint density at radius 2 is 1.85 bits per heavy atom. The monoisotopic (exact) mass is 734 g/mol. The van der Waals surface area contributed by atoms with Gasteiger partial charge in [0.15, 0.2) is 5.13 Å². The van der Waals surface area contributed by atoms with E-state index in [0.29, 0.717) is 41.1 Å². The summed E-state index contributed by atoms with van der Waals surface area (Å²) in [6, 6.07) is 13.5. The van der Waals surface area contributed by atoms with Gasteiger partial charge >= 0.3 is 6.18 Å². The number of carbonyl (C=O) groups is 1. The van der Waals surface area contributed by atoms with E-state index in [-0.39, 0.29) is 18.7 Å². The molecule has 14 heteroatoms. The van der Waals surface area contributed by atoms with Gasteiger partial charge in [0.2, 0.25) is 5.91 Å². The lowest BCUT2D eigenvalue weighted by atomic mass is 10.2. The van der Waals surface area contributed by atoms with Crippen molar-refractivity contribution in [3.05, 3.63) is 101 Å². The third kappa shape index (κ3) is 8.43. The number of benzene rings is 3. The second-order valence-corrected chi connectivity index (χ2v) is 11.6. The summed E-state index contributed by atoms with van der Waals surface area (Å²) in [6.07, 6.45) is -3.04. The highest BCUT2D eigenvalue weighted by molar-refractivity contribution is 9.11. The Kier molecular flexibility index (Phi) is 10.1. The fourth-order valence-corrected chi connectivity index (χ4v) is 5.95. The molecule has 0 fully saturated rings. The van der Waals surface area contributed by atoms with E-state index in [1.165, 1.54) is 29.7 Å². The number of nitrogens with zero attached hydrogens (tertiary/aromatic N) is 2. The van der Waals surface area contributed by atoms with Gasteiger partial charge in [0.25, 0.3) is 0 Å². The van der Waals surface area contributed by atoms with Crippen molar-refractivity contribution in [3.63, 3.8) is 0 Å². The molecule has 1 heterocycles. The molecule has 0 unspecified atom stereocenters. The minimum atomic E-state index is -4.45. The SMILES string of the molecule is O=C(Cc1csc(Nc2cccc(C(F)(F)F)c2)n1)N/N=C\c1cc(Br)c(OCc2ccc(Cl)cc2Cl)c(Br)c1. The van der Waals surface area contributed by atoms with Gasteiger partial charge < -0.3 is 10.1 Å². The number of halogens is 7. The predicted molar refractivity (Wildman–Crippen MR) is 159 cm³/mol. The summed E-state index contributed by atoms with van der Waals surface area (Å²) < 4.78 is 46.0. The number of rotatable bonds is 9. The zero-order valence-electron chi connectivity index (χ0n) is 20.0. The number of carbonyl (C=O) groups excluding carboxylic acids is 1. The standard InChI is InChI=1S/C26H17Br2Cl2F3N4O2S/c27-20-6-14(7-21(28)24(20)39-12-15-4-5-17(29)9-22(15)30)11-34-37-23(38)10-19-13-40-25(36-19)35-18-3-1-2-16(8-18)26(31,32)33/h1-9,11,13H,10,12H2,(H,35,36)(H,37,38)/b34-11-. The second kappa shape index (κ2) is 13.3. The van der Waals surface area contributed by atoms with E-state index in [0.717, 1.165) is 17.7 Å². The Balaban J connectivity index is 1.30. The minimum Gasteiger partial charge on any atom is -0.486 e. The molecule has 4 aromatic rings. The van der Waals surface area contributed by atoms with E-state index in [4.69, 9.17) is 27.9 Å². The fourth-order valence-electron chi connectivity index (χ4n) is 3.31. The molecule has 6 nitrogen and oxygen atoms in total. The molecule has 0 aliphatic rings. The predicted octanol–water partition coefficient (Wildman–Crippen LogP) is 9.01. The maximum atomic E-state index is 12.9. The van der Waals surface area contributed by atoms with Crippen LogP contribution >= 0.6 is 66.4 Å². The summed E-state index contributed by atoms with van der Waals surface area (Å²) >= 11 is 20.3. The third-order valence-electron chi connectivity index (χ3n) is 5.15. The summed E-state index contributed by atoms with van der Waals surface area (Å²) in [5.41, 5.74) is 3.81. The summed E-state index contributed by atoms with van der Waals surface area (Å²) in [5.74, 6) is 0.148. The van der Waals surface area contributed by atoms with E-state index in [2.05, 4.69) is 52.7 Å². The van der Waals surface area contributed by atoms with Crippen molar-refractivity contribution in [1.82, 2.24) is 10.4 Å². The van der Waals surface area contributed by atoms with Crippen molar-refractivity contribution in [2.75, 3.05) is 5.32 Å². The van der Waals surface area contributed by atoms with E-state index < -0.39 is 17.6 Å². The van der Waals surface area contributed by atoms with E-state index >= 15 is 0 Å². The van der Waals surface area contributed by atoms with Crippen molar-refractivity contribution < 1.29 is 22.7 Å². The first-order valence-corrected chi connectivity index (χ1v) is 14.5. The second-order valence-electron chi connectivity index (χ2n) is 8.16. The highest BCUT2D eigenvalue weighted by Crippen LogP contribution is 2.36. The molecule has 3 aromatic carbocycles. The number of thiazole rings is 1. The number of hydrazone groups is 1. The molecule has 0 aliphatic heterocycles. The van der Waals surface area contributed by atoms with Crippen LogP contribution in [0.25, 0.3) is 0 Å². The number of anilines is 2. The van der Waals surface area contributed by atoms with Gasteiger partial charge in [-0.3, -0.25) is 4.79 Å². The van der Waals surface area contributed by atoms with Crippen molar-refractivity contribution in [3.8, 4) is 5.75 Å². The highest BCUT2D eigenvalue weighted by atomic mass is 79.9. The number of hydrogen-bond donors (Lipinski definition) is 2. The van der Waals surface area contributed by atoms with Crippen LogP contribution in [0.15, 0.2) is 74.0 Å². The van der Waals surface area contributed by atoms with Gasteiger partial charge in [-0.15, -0.1) is 11.3 Å². The molecule has 0 aliphatic carbocycles. The molecule has 40 heavy (non-hydrogen) atoms. The van der Waals surface area contributed by atoms with Crippen LogP contribution in [-0.2, 0) is 24.0 Å². The molecule has 2 N–H and O–H groups in total. The molecular formula is C26H17Br2Cl2F3N4O2S. The van der Waals surface area contributed by atoms with Crippen LogP contribution < -0.4 is 15.5 Å². The third-order valence-corrected chi connectivity index (χ3v) is 7.72. The molecule has 1 amide bonds. The van der Waals surface area contributed by atoms with Crippen molar-refractivity contribution >= 4 is 89.3 Å². The molecule has 0 atom stereocenters. The first-order chi connectivity index (χ1) is 19.0. The van der Waals surface area contributed by atoms with Crippen molar-refractivity contribution in [2.45, 2.75) is 19.2 Å². The average Bonchev–Trinajstić information content (AvgIpc) is 3.30. The number of aromatic nitrogens is 1. The maximum Gasteiger partial charge on any atom is 0.416 e. The molecule has 0 radical (unpaired) electrons. The van der Waals surface area contributed by atoms with Gasteiger partial charge in [-0.05, 0) is 79.9 Å². The topological polar surface area (TPSA) is 75.6 Å². The summed E-state index contributed by atoms with van der Waals surface area (Å²) in [5, 5.41) is 9.86. The summed E-state index contributed by atoms with van der Waals surface area (Å²) in [4.78, 5) is 16.6. The number of alkyl halides is 3.